The standard InChI is InChI=1S/C24H20N8OS2/c1-5-17(25-9-1)21-24(18-6-2-10-26-18,22-27-13-16-35-22)31(19-7-3-14-33-19)32(20-8-4-15-34-20)30(21)23-28-11-12-29-23/h1-16,21,25-26H,(H,28,29). The Morgan fingerprint density at radius 2 is 1.80 bits per heavy atom. The van der Waals surface area contributed by atoms with Gasteiger partial charge < -0.3 is 19.4 Å². The first-order valence-electron chi connectivity index (χ1n) is 11.0. The molecule has 2 atom stereocenters. The molecule has 9 nitrogen and oxygen atoms in total. The van der Waals surface area contributed by atoms with Crippen LogP contribution in [-0.4, -0.2) is 24.9 Å². The number of furan rings is 1. The highest BCUT2D eigenvalue weighted by atomic mass is 32.1. The second kappa shape index (κ2) is 7.93. The number of thiophene rings is 1. The van der Waals surface area contributed by atoms with Crippen LogP contribution in [0.15, 0.2) is 101 Å². The van der Waals surface area contributed by atoms with Crippen molar-refractivity contribution in [3.05, 3.63) is 113 Å². The molecule has 0 aromatic carbocycles. The van der Waals surface area contributed by atoms with Crippen LogP contribution >= 0.6 is 22.7 Å². The Labute approximate surface area is 208 Å². The Balaban J connectivity index is 1.63. The van der Waals surface area contributed by atoms with Crippen LogP contribution in [0.2, 0.25) is 0 Å². The summed E-state index contributed by atoms with van der Waals surface area (Å²) in [4.78, 5) is 19.9. The average Bonchev–Trinajstić information content (AvgIpc) is 3.71. The molecule has 1 fully saturated rings. The van der Waals surface area contributed by atoms with E-state index in [1.165, 1.54) is 0 Å². The van der Waals surface area contributed by atoms with E-state index < -0.39 is 5.54 Å². The number of imidazole rings is 1. The van der Waals surface area contributed by atoms with Gasteiger partial charge in [0.15, 0.2) is 5.54 Å². The molecule has 0 radical (unpaired) electrons. The van der Waals surface area contributed by atoms with Crippen LogP contribution in [0.25, 0.3) is 0 Å². The molecule has 0 bridgehead atoms. The topological polar surface area (TPSA) is 96.0 Å². The number of aromatic amines is 3. The number of hydrogen-bond donors (Lipinski definition) is 3. The van der Waals surface area contributed by atoms with E-state index in [2.05, 4.69) is 53.7 Å². The molecule has 7 rings (SSSR count). The molecule has 2 unspecified atom stereocenters. The Hall–Kier alpha value is -4.22. The molecule has 1 aliphatic heterocycles. The Bertz CT molecular complexity index is 1340. The molecule has 0 aliphatic carbocycles. The summed E-state index contributed by atoms with van der Waals surface area (Å²) in [5, 5.41) is 12.5. The van der Waals surface area contributed by atoms with E-state index in [9.17, 15) is 0 Å². The molecular formula is C24H20N8OS2. The fourth-order valence-electron chi connectivity index (χ4n) is 4.92. The highest BCUT2D eigenvalue weighted by Gasteiger charge is 2.65. The zero-order chi connectivity index (χ0) is 23.2. The fourth-order valence-corrected chi connectivity index (χ4v) is 6.50. The van der Waals surface area contributed by atoms with Gasteiger partial charge in [0.05, 0.1) is 12.0 Å². The quantitative estimate of drug-likeness (QED) is 0.279. The number of H-pyrrole nitrogens is 3. The third-order valence-corrected chi connectivity index (χ3v) is 7.90. The average molecular weight is 501 g/mol. The lowest BCUT2D eigenvalue weighted by molar-refractivity contribution is 0.420. The largest absolute Gasteiger partial charge is 0.447 e. The van der Waals surface area contributed by atoms with Gasteiger partial charge in [-0.25, -0.2) is 20.0 Å². The van der Waals surface area contributed by atoms with Crippen LogP contribution in [0.1, 0.15) is 22.4 Å². The predicted molar refractivity (Wildman–Crippen MR) is 136 cm³/mol. The summed E-state index contributed by atoms with van der Waals surface area (Å²) >= 11 is 3.25. The maximum Gasteiger partial charge on any atom is 0.224 e. The van der Waals surface area contributed by atoms with Gasteiger partial charge in [0, 0.05) is 48.1 Å². The summed E-state index contributed by atoms with van der Waals surface area (Å²) < 4.78 is 6.11. The summed E-state index contributed by atoms with van der Waals surface area (Å²) in [5.74, 6) is 1.37. The third kappa shape index (κ3) is 2.85. The predicted octanol–water partition coefficient (Wildman–Crippen LogP) is 5.53. The molecular weight excluding hydrogens is 480 g/mol. The van der Waals surface area contributed by atoms with Crippen LogP contribution in [0, 0.1) is 0 Å². The Morgan fingerprint density at radius 1 is 0.857 bits per heavy atom. The van der Waals surface area contributed by atoms with Gasteiger partial charge in [0.25, 0.3) is 0 Å². The molecule has 11 heteroatoms. The summed E-state index contributed by atoms with van der Waals surface area (Å²) in [6, 6.07) is 15.9. The van der Waals surface area contributed by atoms with Crippen molar-refractivity contribution in [2.75, 3.05) is 15.1 Å². The normalized spacial score (nSPS) is 20.2. The maximum atomic E-state index is 6.11. The lowest BCUT2D eigenvalue weighted by Gasteiger charge is -2.39. The number of thiazole rings is 1. The van der Waals surface area contributed by atoms with Gasteiger partial charge in [0.1, 0.15) is 16.1 Å². The molecule has 0 amide bonds. The molecule has 6 aromatic rings. The molecule has 1 saturated heterocycles. The minimum Gasteiger partial charge on any atom is -0.447 e. The number of rotatable bonds is 6. The summed E-state index contributed by atoms with van der Waals surface area (Å²) in [7, 11) is 0. The molecule has 0 saturated carbocycles. The van der Waals surface area contributed by atoms with Crippen molar-refractivity contribution < 1.29 is 4.42 Å². The molecule has 7 heterocycles. The first kappa shape index (κ1) is 20.2. The van der Waals surface area contributed by atoms with Gasteiger partial charge in [-0.2, -0.15) is 5.12 Å². The number of hydrazine groups is 2. The highest BCUT2D eigenvalue weighted by molar-refractivity contribution is 7.14. The van der Waals surface area contributed by atoms with E-state index in [1.54, 1.807) is 35.1 Å². The summed E-state index contributed by atoms with van der Waals surface area (Å²) in [5.41, 5.74) is 1.14. The van der Waals surface area contributed by atoms with Gasteiger partial charge in [0.2, 0.25) is 11.8 Å². The zero-order valence-electron chi connectivity index (χ0n) is 18.3. The Kier molecular flexibility index (Phi) is 4.57. The van der Waals surface area contributed by atoms with Crippen molar-refractivity contribution >= 4 is 39.5 Å². The van der Waals surface area contributed by atoms with E-state index in [1.807, 2.05) is 60.5 Å². The number of anilines is 3. The molecule has 6 aromatic heterocycles. The smallest absolute Gasteiger partial charge is 0.224 e. The van der Waals surface area contributed by atoms with E-state index >= 15 is 0 Å². The second-order valence-corrected chi connectivity index (χ2v) is 9.80. The fraction of sp³-hybridized carbons (Fsp3) is 0.0833. The number of hydrogen-bond acceptors (Lipinski definition) is 8. The van der Waals surface area contributed by atoms with E-state index in [-0.39, 0.29) is 6.04 Å². The van der Waals surface area contributed by atoms with Gasteiger partial charge in [-0.05, 0) is 47.8 Å². The first-order chi connectivity index (χ1) is 17.4. The van der Waals surface area contributed by atoms with Crippen molar-refractivity contribution in [1.82, 2.24) is 24.9 Å². The monoisotopic (exact) mass is 500 g/mol. The van der Waals surface area contributed by atoms with Gasteiger partial charge in [-0.15, -0.1) is 22.7 Å². The van der Waals surface area contributed by atoms with Crippen molar-refractivity contribution in [3.8, 4) is 0 Å². The minimum atomic E-state index is -0.836. The number of aromatic nitrogens is 5. The lowest BCUT2D eigenvalue weighted by atomic mass is 9.84. The first-order valence-corrected chi connectivity index (χ1v) is 12.8. The third-order valence-electron chi connectivity index (χ3n) is 6.17. The summed E-state index contributed by atoms with van der Waals surface area (Å²) in [6.07, 6.45) is 11.0. The van der Waals surface area contributed by atoms with Crippen LogP contribution in [0.5, 0.6) is 0 Å². The van der Waals surface area contributed by atoms with Gasteiger partial charge in [-0.3, -0.25) is 0 Å². The van der Waals surface area contributed by atoms with Crippen LogP contribution in [0.4, 0.5) is 16.8 Å². The van der Waals surface area contributed by atoms with Gasteiger partial charge >= 0.3 is 0 Å². The molecule has 35 heavy (non-hydrogen) atoms. The van der Waals surface area contributed by atoms with E-state index in [0.29, 0.717) is 11.8 Å². The SMILES string of the molecule is c1c[nH]c(C2N(c3ncc[nH]3)N(c3cccs3)N(c3ccco3)C2(c2ccc[nH]2)c2nccs2)c1. The van der Waals surface area contributed by atoms with Gasteiger partial charge in [-0.1, -0.05) is 0 Å². The minimum absolute atomic E-state index is 0.305. The van der Waals surface area contributed by atoms with Crippen LogP contribution < -0.4 is 15.1 Å². The van der Waals surface area contributed by atoms with E-state index in [4.69, 9.17) is 14.4 Å². The van der Waals surface area contributed by atoms with Crippen molar-refractivity contribution in [2.24, 2.45) is 0 Å². The zero-order valence-corrected chi connectivity index (χ0v) is 19.9. The molecule has 174 valence electrons. The lowest BCUT2D eigenvalue weighted by Crippen LogP contribution is -2.51. The molecule has 3 N–H and O–H groups in total. The number of nitrogens with zero attached hydrogens (tertiary/aromatic N) is 5. The Morgan fingerprint density at radius 3 is 2.46 bits per heavy atom. The summed E-state index contributed by atoms with van der Waals surface area (Å²) in [6.45, 7) is 0. The van der Waals surface area contributed by atoms with E-state index in [0.717, 1.165) is 21.4 Å². The van der Waals surface area contributed by atoms with Crippen molar-refractivity contribution in [3.63, 3.8) is 0 Å². The molecule has 1 aliphatic rings. The van der Waals surface area contributed by atoms with Crippen molar-refractivity contribution in [1.29, 1.82) is 0 Å². The number of nitrogens with one attached hydrogen (secondary N) is 3. The molecule has 0 spiro atoms. The highest BCUT2D eigenvalue weighted by Crippen LogP contribution is 2.58. The second-order valence-electron chi connectivity index (χ2n) is 7.98. The van der Waals surface area contributed by atoms with Crippen molar-refractivity contribution in [2.45, 2.75) is 11.6 Å². The maximum absolute atomic E-state index is 6.11. The van der Waals surface area contributed by atoms with Crippen LogP contribution in [0.3, 0.4) is 0 Å². The van der Waals surface area contributed by atoms with Crippen LogP contribution in [-0.2, 0) is 5.54 Å².